The lowest BCUT2D eigenvalue weighted by molar-refractivity contribution is -0.121. The number of nitrogens with one attached hydrogen (secondary N) is 1. The van der Waals surface area contributed by atoms with Crippen LogP contribution in [0.5, 0.6) is 5.75 Å². The van der Waals surface area contributed by atoms with Crippen LogP contribution in [-0.4, -0.2) is 34.2 Å². The van der Waals surface area contributed by atoms with Crippen LogP contribution in [0.1, 0.15) is 17.5 Å². The largest absolute Gasteiger partial charge is 0.497 e. The Morgan fingerprint density at radius 1 is 1.15 bits per heavy atom. The number of amides is 1. The van der Waals surface area contributed by atoms with Crippen LogP contribution in [0.2, 0.25) is 0 Å². The molecule has 2 rings (SSSR count). The van der Waals surface area contributed by atoms with Crippen LogP contribution in [0, 0.1) is 6.92 Å². The highest BCUT2D eigenvalue weighted by Crippen LogP contribution is 2.21. The first-order valence-electron chi connectivity index (χ1n) is 8.23. The Morgan fingerprint density at radius 2 is 1.85 bits per heavy atom. The molecule has 1 N–H and O–H groups in total. The van der Waals surface area contributed by atoms with Crippen LogP contribution in [0.4, 0.5) is 5.69 Å². The number of aryl methyl sites for hydroxylation is 1. The Bertz CT molecular complexity index is 848. The van der Waals surface area contributed by atoms with Gasteiger partial charge in [-0.15, -0.1) is 0 Å². The topological polar surface area (TPSA) is 75.7 Å². The fourth-order valence-corrected chi connectivity index (χ4v) is 3.48. The molecule has 0 aliphatic rings. The average Bonchev–Trinajstić information content (AvgIpc) is 2.59. The predicted octanol–water partition coefficient (Wildman–Crippen LogP) is 2.48. The molecule has 0 spiro atoms. The number of ether oxygens (including phenoxy) is 1. The van der Waals surface area contributed by atoms with E-state index in [1.807, 2.05) is 31.2 Å². The molecule has 0 saturated heterocycles. The maximum absolute atomic E-state index is 12.1. The first-order valence-corrected chi connectivity index (χ1v) is 10.1. The third kappa shape index (κ3) is 5.77. The molecule has 0 unspecified atom stereocenters. The van der Waals surface area contributed by atoms with Crippen molar-refractivity contribution in [3.05, 3.63) is 59.7 Å². The van der Waals surface area contributed by atoms with Crippen molar-refractivity contribution < 1.29 is 17.9 Å². The smallest absolute Gasteiger partial charge is 0.232 e. The van der Waals surface area contributed by atoms with Crippen molar-refractivity contribution in [1.29, 1.82) is 0 Å². The van der Waals surface area contributed by atoms with Gasteiger partial charge < -0.3 is 10.1 Å². The van der Waals surface area contributed by atoms with Crippen molar-refractivity contribution in [3.63, 3.8) is 0 Å². The molecule has 1 amide bonds. The monoisotopic (exact) mass is 376 g/mol. The summed E-state index contributed by atoms with van der Waals surface area (Å²) in [7, 11) is -1.95. The average molecular weight is 376 g/mol. The van der Waals surface area contributed by atoms with E-state index in [-0.39, 0.29) is 18.9 Å². The van der Waals surface area contributed by atoms with Gasteiger partial charge >= 0.3 is 0 Å². The van der Waals surface area contributed by atoms with Gasteiger partial charge in [-0.2, -0.15) is 0 Å². The van der Waals surface area contributed by atoms with E-state index in [1.54, 1.807) is 31.4 Å². The van der Waals surface area contributed by atoms with E-state index in [4.69, 9.17) is 4.74 Å². The quantitative estimate of drug-likeness (QED) is 0.768. The first kappa shape index (κ1) is 19.8. The lowest BCUT2D eigenvalue weighted by Crippen LogP contribution is -2.34. The van der Waals surface area contributed by atoms with Crippen molar-refractivity contribution in [2.45, 2.75) is 19.9 Å². The molecule has 2 aromatic rings. The molecule has 0 saturated carbocycles. The maximum Gasteiger partial charge on any atom is 0.232 e. The molecular weight excluding hydrogens is 352 g/mol. The van der Waals surface area contributed by atoms with Gasteiger partial charge in [-0.1, -0.05) is 29.8 Å². The minimum atomic E-state index is -3.49. The van der Waals surface area contributed by atoms with E-state index in [2.05, 4.69) is 5.32 Å². The Hall–Kier alpha value is -2.54. The molecular formula is C19H24N2O4S. The number of anilines is 1. The van der Waals surface area contributed by atoms with Crippen LogP contribution in [0.15, 0.2) is 48.5 Å². The van der Waals surface area contributed by atoms with Gasteiger partial charge in [-0.25, -0.2) is 8.42 Å². The fourth-order valence-electron chi connectivity index (χ4n) is 2.55. The second kappa shape index (κ2) is 8.71. The zero-order chi connectivity index (χ0) is 19.2. The summed E-state index contributed by atoms with van der Waals surface area (Å²) in [6.45, 7) is 2.48. The van der Waals surface area contributed by atoms with E-state index in [0.29, 0.717) is 18.0 Å². The van der Waals surface area contributed by atoms with Crippen LogP contribution >= 0.6 is 0 Å². The van der Waals surface area contributed by atoms with Crippen LogP contribution < -0.4 is 14.4 Å². The first-order chi connectivity index (χ1) is 12.3. The molecule has 7 heteroatoms. The summed E-state index contributed by atoms with van der Waals surface area (Å²) in [5.41, 5.74) is 2.63. The van der Waals surface area contributed by atoms with Crippen LogP contribution in [0.25, 0.3) is 0 Å². The summed E-state index contributed by atoms with van der Waals surface area (Å²) < 4.78 is 30.5. The molecule has 26 heavy (non-hydrogen) atoms. The Balaban J connectivity index is 1.97. The molecule has 0 heterocycles. The minimum absolute atomic E-state index is 0.0742. The van der Waals surface area contributed by atoms with E-state index in [0.717, 1.165) is 17.4 Å². The molecule has 6 nitrogen and oxygen atoms in total. The van der Waals surface area contributed by atoms with Gasteiger partial charge in [0.15, 0.2) is 0 Å². The summed E-state index contributed by atoms with van der Waals surface area (Å²) in [4.78, 5) is 12.1. The van der Waals surface area contributed by atoms with Crippen molar-refractivity contribution in [3.8, 4) is 5.75 Å². The SMILES string of the molecule is COc1ccc(N(CCC(=O)NCc2cccc(C)c2)S(C)(=O)=O)cc1. The van der Waals surface area contributed by atoms with Gasteiger partial charge in [0, 0.05) is 19.5 Å². The molecule has 140 valence electrons. The molecule has 0 aliphatic carbocycles. The van der Waals surface area contributed by atoms with Gasteiger partial charge in [0.1, 0.15) is 5.75 Å². The second-order valence-corrected chi connectivity index (χ2v) is 7.96. The Morgan fingerprint density at radius 3 is 2.42 bits per heavy atom. The van der Waals surface area contributed by atoms with Crippen molar-refractivity contribution in [1.82, 2.24) is 5.32 Å². The highest BCUT2D eigenvalue weighted by atomic mass is 32.2. The summed E-state index contributed by atoms with van der Waals surface area (Å²) in [5.74, 6) is 0.437. The number of carbonyl (C=O) groups excluding carboxylic acids is 1. The van der Waals surface area contributed by atoms with E-state index in [9.17, 15) is 13.2 Å². The molecule has 0 radical (unpaired) electrons. The summed E-state index contributed by atoms with van der Waals surface area (Å²) in [5, 5.41) is 2.82. The zero-order valence-electron chi connectivity index (χ0n) is 15.2. The number of hydrogen-bond acceptors (Lipinski definition) is 4. The fraction of sp³-hybridized carbons (Fsp3) is 0.316. The maximum atomic E-state index is 12.1. The van der Waals surface area contributed by atoms with Gasteiger partial charge in [0.05, 0.1) is 19.1 Å². The standard InChI is InChI=1S/C19H24N2O4S/c1-15-5-4-6-16(13-15)14-20-19(22)11-12-21(26(3,23)24)17-7-9-18(25-2)10-8-17/h4-10,13H,11-12,14H2,1-3H3,(H,20,22). The Kier molecular flexibility index (Phi) is 6.63. The third-order valence-corrected chi connectivity index (χ3v) is 5.07. The second-order valence-electron chi connectivity index (χ2n) is 6.05. The molecule has 0 aromatic heterocycles. The van der Waals surface area contributed by atoms with Crippen molar-refractivity contribution >= 4 is 21.6 Å². The number of benzene rings is 2. The van der Waals surface area contributed by atoms with E-state index in [1.165, 1.54) is 4.31 Å². The van der Waals surface area contributed by atoms with Crippen molar-refractivity contribution in [2.24, 2.45) is 0 Å². The highest BCUT2D eigenvalue weighted by Gasteiger charge is 2.18. The van der Waals surface area contributed by atoms with Crippen LogP contribution in [-0.2, 0) is 21.4 Å². The van der Waals surface area contributed by atoms with Gasteiger partial charge in [-0.05, 0) is 36.8 Å². The minimum Gasteiger partial charge on any atom is -0.497 e. The molecule has 0 bridgehead atoms. The number of sulfonamides is 1. The van der Waals surface area contributed by atoms with Crippen molar-refractivity contribution in [2.75, 3.05) is 24.2 Å². The number of rotatable bonds is 8. The lowest BCUT2D eigenvalue weighted by Gasteiger charge is -2.22. The third-order valence-electron chi connectivity index (χ3n) is 3.87. The Labute approximate surface area is 154 Å². The number of nitrogens with zero attached hydrogens (tertiary/aromatic N) is 1. The van der Waals surface area contributed by atoms with E-state index < -0.39 is 10.0 Å². The molecule has 2 aromatic carbocycles. The van der Waals surface area contributed by atoms with Crippen LogP contribution in [0.3, 0.4) is 0 Å². The normalized spacial score (nSPS) is 11.0. The molecule has 0 fully saturated rings. The summed E-state index contributed by atoms with van der Waals surface area (Å²) in [6.07, 6.45) is 1.20. The number of carbonyl (C=O) groups is 1. The summed E-state index contributed by atoms with van der Waals surface area (Å²) >= 11 is 0. The number of methoxy groups -OCH3 is 1. The van der Waals surface area contributed by atoms with Gasteiger partial charge in [-0.3, -0.25) is 9.10 Å². The summed E-state index contributed by atoms with van der Waals surface area (Å²) in [6, 6.07) is 14.6. The highest BCUT2D eigenvalue weighted by molar-refractivity contribution is 7.92. The van der Waals surface area contributed by atoms with Gasteiger partial charge in [0.2, 0.25) is 15.9 Å². The predicted molar refractivity (Wildman–Crippen MR) is 103 cm³/mol. The van der Waals surface area contributed by atoms with E-state index >= 15 is 0 Å². The van der Waals surface area contributed by atoms with Gasteiger partial charge in [0.25, 0.3) is 0 Å². The molecule has 0 aliphatic heterocycles. The zero-order valence-corrected chi connectivity index (χ0v) is 16.0. The molecule has 0 atom stereocenters. The number of hydrogen-bond donors (Lipinski definition) is 1. The lowest BCUT2D eigenvalue weighted by atomic mass is 10.1.